The zero-order chi connectivity index (χ0) is 27.2. The SMILES string of the molecule is COc1cc(NC(=O)c2cc(N3CCN[C@@H](CC#N)C3)nc(OCCC3CCCN3C)n2)c2ccccc2c1. The van der Waals surface area contributed by atoms with Gasteiger partial charge in [0.1, 0.15) is 17.3 Å². The summed E-state index contributed by atoms with van der Waals surface area (Å²) in [5, 5.41) is 17.4. The fourth-order valence-electron chi connectivity index (χ4n) is 5.36. The number of nitrogens with zero attached hydrogens (tertiary/aromatic N) is 5. The van der Waals surface area contributed by atoms with Gasteiger partial charge in [0.2, 0.25) is 0 Å². The molecule has 3 heterocycles. The van der Waals surface area contributed by atoms with Crippen LogP contribution in [0.2, 0.25) is 0 Å². The van der Waals surface area contributed by atoms with Crippen LogP contribution in [0.4, 0.5) is 11.5 Å². The van der Waals surface area contributed by atoms with Crippen molar-refractivity contribution in [3.63, 3.8) is 0 Å². The molecule has 0 spiro atoms. The molecule has 204 valence electrons. The van der Waals surface area contributed by atoms with Crippen LogP contribution in [-0.4, -0.2) is 79.8 Å². The summed E-state index contributed by atoms with van der Waals surface area (Å²) in [7, 11) is 3.74. The van der Waals surface area contributed by atoms with Crippen molar-refractivity contribution >= 4 is 28.2 Å². The number of ether oxygens (including phenoxy) is 2. The number of nitrogens with one attached hydrogen (secondary N) is 2. The van der Waals surface area contributed by atoms with Gasteiger partial charge < -0.3 is 29.9 Å². The molecule has 0 radical (unpaired) electrons. The van der Waals surface area contributed by atoms with Gasteiger partial charge in [-0.25, -0.2) is 0 Å². The van der Waals surface area contributed by atoms with E-state index in [0.717, 1.165) is 36.7 Å². The average molecular weight is 530 g/mol. The first kappa shape index (κ1) is 26.7. The van der Waals surface area contributed by atoms with E-state index in [-0.39, 0.29) is 23.7 Å². The van der Waals surface area contributed by atoms with Gasteiger partial charge in [0, 0.05) is 49.2 Å². The van der Waals surface area contributed by atoms with Crippen molar-refractivity contribution in [1.82, 2.24) is 20.2 Å². The lowest BCUT2D eigenvalue weighted by Crippen LogP contribution is -2.50. The lowest BCUT2D eigenvalue weighted by molar-refractivity contribution is 0.102. The quantitative estimate of drug-likeness (QED) is 0.430. The van der Waals surface area contributed by atoms with E-state index >= 15 is 0 Å². The van der Waals surface area contributed by atoms with Crippen molar-refractivity contribution in [2.24, 2.45) is 0 Å². The molecule has 2 fully saturated rings. The maximum Gasteiger partial charge on any atom is 0.319 e. The van der Waals surface area contributed by atoms with Crippen LogP contribution in [0.3, 0.4) is 0 Å². The average Bonchev–Trinajstić information content (AvgIpc) is 3.37. The Labute approximate surface area is 228 Å². The Morgan fingerprint density at radius 2 is 2.10 bits per heavy atom. The van der Waals surface area contributed by atoms with Gasteiger partial charge in [0.25, 0.3) is 5.91 Å². The van der Waals surface area contributed by atoms with Gasteiger partial charge >= 0.3 is 6.01 Å². The number of amides is 1. The van der Waals surface area contributed by atoms with Crippen LogP contribution in [0.5, 0.6) is 11.8 Å². The number of hydrogen-bond donors (Lipinski definition) is 2. The minimum absolute atomic E-state index is 0.0291. The number of carbonyl (C=O) groups excluding carboxylic acids is 1. The molecule has 2 aromatic carbocycles. The molecule has 0 bridgehead atoms. The van der Waals surface area contributed by atoms with E-state index < -0.39 is 0 Å². The first-order chi connectivity index (χ1) is 19.0. The summed E-state index contributed by atoms with van der Waals surface area (Å²) in [6.45, 7) is 3.61. The molecule has 0 aliphatic carbocycles. The normalized spacial score (nSPS) is 19.6. The largest absolute Gasteiger partial charge is 0.497 e. The Kier molecular flexibility index (Phi) is 8.39. The molecule has 39 heavy (non-hydrogen) atoms. The van der Waals surface area contributed by atoms with Crippen LogP contribution in [0.25, 0.3) is 10.8 Å². The topological polar surface area (TPSA) is 116 Å². The van der Waals surface area contributed by atoms with Gasteiger partial charge in [-0.3, -0.25) is 4.79 Å². The van der Waals surface area contributed by atoms with E-state index in [1.54, 1.807) is 19.2 Å². The number of anilines is 2. The predicted octanol–water partition coefficient (Wildman–Crippen LogP) is 3.45. The second kappa shape index (κ2) is 12.3. The highest BCUT2D eigenvalue weighted by Crippen LogP contribution is 2.30. The maximum absolute atomic E-state index is 13.6. The number of piperazine rings is 1. The summed E-state index contributed by atoms with van der Waals surface area (Å²) >= 11 is 0. The first-order valence-corrected chi connectivity index (χ1v) is 13.5. The third-order valence-electron chi connectivity index (χ3n) is 7.51. The van der Waals surface area contributed by atoms with E-state index in [4.69, 9.17) is 9.47 Å². The van der Waals surface area contributed by atoms with Crippen molar-refractivity contribution in [1.29, 1.82) is 5.26 Å². The number of carbonyl (C=O) groups is 1. The van der Waals surface area contributed by atoms with Gasteiger partial charge in [0.15, 0.2) is 0 Å². The fourth-order valence-corrected chi connectivity index (χ4v) is 5.36. The molecule has 1 amide bonds. The number of benzene rings is 2. The number of nitriles is 1. The van der Waals surface area contributed by atoms with Crippen molar-refractivity contribution in [3.05, 3.63) is 48.2 Å². The highest BCUT2D eigenvalue weighted by atomic mass is 16.5. The lowest BCUT2D eigenvalue weighted by atomic mass is 10.1. The van der Waals surface area contributed by atoms with Crippen LogP contribution in [0.15, 0.2) is 42.5 Å². The predicted molar refractivity (Wildman–Crippen MR) is 150 cm³/mol. The number of rotatable bonds is 9. The Morgan fingerprint density at radius 3 is 2.90 bits per heavy atom. The number of hydrogen-bond acceptors (Lipinski definition) is 9. The van der Waals surface area contributed by atoms with Crippen LogP contribution >= 0.6 is 0 Å². The fraction of sp³-hybridized carbons (Fsp3) is 0.448. The van der Waals surface area contributed by atoms with Crippen molar-refractivity contribution < 1.29 is 14.3 Å². The van der Waals surface area contributed by atoms with E-state index in [0.29, 0.717) is 49.4 Å². The van der Waals surface area contributed by atoms with Crippen LogP contribution in [-0.2, 0) is 0 Å². The second-order valence-electron chi connectivity index (χ2n) is 10.1. The van der Waals surface area contributed by atoms with Gasteiger partial charge in [-0.05, 0) is 44.3 Å². The standard InChI is InChI=1S/C29H35N7O3/c1-35-13-5-7-22(35)10-15-39-29-33-26(18-27(34-29)36-14-12-31-21(19-36)9-11-30)28(37)32-25-17-23(38-2)16-20-6-3-4-8-24(20)25/h3-4,6,8,16-18,21-22,31H,5,7,9-10,12-15,19H2,1-2H3,(H,32,37)/t21-,22?/m0/s1. The summed E-state index contributed by atoms with van der Waals surface area (Å²) in [5.74, 6) is 0.904. The van der Waals surface area contributed by atoms with Gasteiger partial charge in [-0.1, -0.05) is 24.3 Å². The summed E-state index contributed by atoms with van der Waals surface area (Å²) < 4.78 is 11.5. The zero-order valence-electron chi connectivity index (χ0n) is 22.5. The summed E-state index contributed by atoms with van der Waals surface area (Å²) in [6.07, 6.45) is 3.63. The van der Waals surface area contributed by atoms with Crippen molar-refractivity contribution in [3.8, 4) is 17.8 Å². The monoisotopic (exact) mass is 529 g/mol. The molecule has 5 rings (SSSR count). The summed E-state index contributed by atoms with van der Waals surface area (Å²) in [6, 6.07) is 16.2. The summed E-state index contributed by atoms with van der Waals surface area (Å²) in [5.41, 5.74) is 0.855. The minimum Gasteiger partial charge on any atom is -0.497 e. The van der Waals surface area contributed by atoms with Crippen LogP contribution < -0.4 is 25.0 Å². The van der Waals surface area contributed by atoms with E-state index in [1.807, 2.05) is 30.3 Å². The molecule has 1 unspecified atom stereocenters. The third-order valence-corrected chi connectivity index (χ3v) is 7.51. The Balaban J connectivity index is 1.41. The maximum atomic E-state index is 13.6. The Hall–Kier alpha value is -3.94. The molecule has 2 aliphatic rings. The van der Waals surface area contributed by atoms with Gasteiger partial charge in [-0.2, -0.15) is 15.2 Å². The molecule has 10 nitrogen and oxygen atoms in total. The Bertz CT molecular complexity index is 1360. The molecular weight excluding hydrogens is 494 g/mol. The molecule has 10 heteroatoms. The van der Waals surface area contributed by atoms with Gasteiger partial charge in [-0.15, -0.1) is 0 Å². The molecule has 1 aromatic heterocycles. The number of fused-ring (bicyclic) bond motifs is 1. The van der Waals surface area contributed by atoms with Crippen molar-refractivity contribution in [2.75, 3.05) is 57.2 Å². The number of likely N-dealkylation sites (tertiary alicyclic amines) is 1. The second-order valence-corrected chi connectivity index (χ2v) is 10.1. The molecule has 0 saturated carbocycles. The number of methoxy groups -OCH3 is 1. The molecule has 2 saturated heterocycles. The molecule has 2 aliphatic heterocycles. The highest BCUT2D eigenvalue weighted by molar-refractivity contribution is 6.09. The minimum atomic E-state index is -0.360. The van der Waals surface area contributed by atoms with Gasteiger partial charge in [0.05, 0.1) is 31.9 Å². The highest BCUT2D eigenvalue weighted by Gasteiger charge is 2.24. The smallest absolute Gasteiger partial charge is 0.319 e. The van der Waals surface area contributed by atoms with Crippen LogP contribution in [0.1, 0.15) is 36.2 Å². The van der Waals surface area contributed by atoms with E-state index in [9.17, 15) is 10.1 Å². The van der Waals surface area contributed by atoms with Crippen LogP contribution in [0, 0.1) is 11.3 Å². The Morgan fingerprint density at radius 1 is 1.23 bits per heavy atom. The zero-order valence-corrected chi connectivity index (χ0v) is 22.5. The molecular formula is C29H35N7O3. The molecule has 3 aromatic rings. The van der Waals surface area contributed by atoms with E-state index in [1.165, 1.54) is 6.42 Å². The first-order valence-electron chi connectivity index (χ1n) is 13.5. The molecule has 2 atom stereocenters. The van der Waals surface area contributed by atoms with E-state index in [2.05, 4.69) is 43.5 Å². The lowest BCUT2D eigenvalue weighted by Gasteiger charge is -2.33. The van der Waals surface area contributed by atoms with Crippen molar-refractivity contribution in [2.45, 2.75) is 37.8 Å². The summed E-state index contributed by atoms with van der Waals surface area (Å²) in [4.78, 5) is 27.2. The third kappa shape index (κ3) is 6.38. The molecule has 2 N–H and O–H groups in total. The number of aromatic nitrogens is 2.